The van der Waals surface area contributed by atoms with E-state index in [1.165, 1.54) is 4.31 Å². The summed E-state index contributed by atoms with van der Waals surface area (Å²) in [7, 11) is -3.36. The predicted octanol–water partition coefficient (Wildman–Crippen LogP) is 1.53. The van der Waals surface area contributed by atoms with E-state index in [4.69, 9.17) is 0 Å². The molecule has 7 heteroatoms. The number of nitrogens with zero attached hydrogens (tertiary/aromatic N) is 2. The van der Waals surface area contributed by atoms with Crippen molar-refractivity contribution in [3.8, 4) is 0 Å². The minimum absolute atomic E-state index is 0.0685. The van der Waals surface area contributed by atoms with Crippen molar-refractivity contribution in [2.24, 2.45) is 5.92 Å². The van der Waals surface area contributed by atoms with E-state index in [0.717, 1.165) is 6.26 Å². The van der Waals surface area contributed by atoms with Gasteiger partial charge in [0.1, 0.15) is 6.04 Å². The Labute approximate surface area is 148 Å². The number of piperidine rings is 1. The predicted molar refractivity (Wildman–Crippen MR) is 94.6 cm³/mol. The van der Waals surface area contributed by atoms with Gasteiger partial charge in [-0.2, -0.15) is 4.31 Å². The molecule has 0 spiro atoms. The number of carbonyl (C=O) groups excluding carboxylic acids is 2. The van der Waals surface area contributed by atoms with Crippen LogP contribution in [0.25, 0.3) is 0 Å². The van der Waals surface area contributed by atoms with Gasteiger partial charge in [0.2, 0.25) is 15.9 Å². The van der Waals surface area contributed by atoms with Crippen LogP contribution in [0.4, 0.5) is 0 Å². The largest absolute Gasteiger partial charge is 0.341 e. The number of rotatable bonds is 4. The lowest BCUT2D eigenvalue weighted by atomic mass is 9.88. The highest BCUT2D eigenvalue weighted by molar-refractivity contribution is 7.88. The molecule has 2 aliphatic heterocycles. The Morgan fingerprint density at radius 3 is 2.24 bits per heavy atom. The fourth-order valence-corrected chi connectivity index (χ4v) is 4.91. The zero-order chi connectivity index (χ0) is 18.0. The van der Waals surface area contributed by atoms with E-state index in [9.17, 15) is 18.0 Å². The van der Waals surface area contributed by atoms with Gasteiger partial charge < -0.3 is 4.90 Å². The topological polar surface area (TPSA) is 74.8 Å². The number of sulfonamides is 1. The van der Waals surface area contributed by atoms with Gasteiger partial charge >= 0.3 is 0 Å². The van der Waals surface area contributed by atoms with Crippen LogP contribution in [-0.4, -0.2) is 61.2 Å². The zero-order valence-corrected chi connectivity index (χ0v) is 15.2. The summed E-state index contributed by atoms with van der Waals surface area (Å²) in [5, 5.41) is 0. The zero-order valence-electron chi connectivity index (χ0n) is 14.4. The van der Waals surface area contributed by atoms with Crippen LogP contribution in [0, 0.1) is 5.92 Å². The maximum atomic E-state index is 12.7. The first-order chi connectivity index (χ1) is 11.9. The van der Waals surface area contributed by atoms with Crippen molar-refractivity contribution in [3.05, 3.63) is 35.9 Å². The minimum Gasteiger partial charge on any atom is -0.341 e. The number of likely N-dealkylation sites (tertiary alicyclic amines) is 1. The summed E-state index contributed by atoms with van der Waals surface area (Å²) in [5.41, 5.74) is 0.714. The van der Waals surface area contributed by atoms with Crippen molar-refractivity contribution in [2.45, 2.75) is 31.7 Å². The number of Topliss-reactive ketones (excluding diaryl/α,β-unsaturated/α-hetero) is 1. The first-order valence-corrected chi connectivity index (χ1v) is 10.6. The SMILES string of the molecule is CS(=O)(=O)N1CCCC1C(=O)N1CCC(C(=O)c2ccccc2)CC1. The molecule has 0 saturated carbocycles. The second-order valence-electron chi connectivity index (χ2n) is 6.86. The number of carbonyl (C=O) groups is 2. The molecular weight excluding hydrogens is 340 g/mol. The van der Waals surface area contributed by atoms with Crippen LogP contribution in [0.3, 0.4) is 0 Å². The molecule has 0 aromatic heterocycles. The molecule has 2 aliphatic rings. The van der Waals surface area contributed by atoms with Crippen molar-refractivity contribution in [1.82, 2.24) is 9.21 Å². The maximum absolute atomic E-state index is 12.7. The first kappa shape index (κ1) is 18.1. The molecule has 0 bridgehead atoms. The molecule has 1 atom stereocenters. The normalized spacial score (nSPS) is 22.9. The van der Waals surface area contributed by atoms with Gasteiger partial charge in [-0.05, 0) is 25.7 Å². The number of amides is 1. The molecule has 2 fully saturated rings. The van der Waals surface area contributed by atoms with Crippen LogP contribution in [-0.2, 0) is 14.8 Å². The molecule has 0 aliphatic carbocycles. The highest BCUT2D eigenvalue weighted by atomic mass is 32.2. The molecule has 1 aromatic carbocycles. The van der Waals surface area contributed by atoms with Gasteiger partial charge in [-0.25, -0.2) is 8.42 Å². The van der Waals surface area contributed by atoms with Crippen LogP contribution in [0.1, 0.15) is 36.0 Å². The molecule has 1 unspecified atom stereocenters. The van der Waals surface area contributed by atoms with Crippen molar-refractivity contribution in [1.29, 1.82) is 0 Å². The average molecular weight is 364 g/mol. The first-order valence-electron chi connectivity index (χ1n) is 8.73. The van der Waals surface area contributed by atoms with Crippen molar-refractivity contribution in [3.63, 3.8) is 0 Å². The van der Waals surface area contributed by atoms with Crippen molar-refractivity contribution >= 4 is 21.7 Å². The Morgan fingerprint density at radius 1 is 1.00 bits per heavy atom. The van der Waals surface area contributed by atoms with Crippen LogP contribution in [0.15, 0.2) is 30.3 Å². The molecule has 2 heterocycles. The smallest absolute Gasteiger partial charge is 0.241 e. The van der Waals surface area contributed by atoms with Gasteiger partial charge in [0.05, 0.1) is 6.26 Å². The lowest BCUT2D eigenvalue weighted by Gasteiger charge is -2.34. The van der Waals surface area contributed by atoms with Gasteiger partial charge in [-0.3, -0.25) is 9.59 Å². The Kier molecular flexibility index (Phi) is 5.24. The monoisotopic (exact) mass is 364 g/mol. The summed E-state index contributed by atoms with van der Waals surface area (Å²) in [4.78, 5) is 27.0. The van der Waals surface area contributed by atoms with Crippen LogP contribution in [0.2, 0.25) is 0 Å². The van der Waals surface area contributed by atoms with Crippen LogP contribution < -0.4 is 0 Å². The van der Waals surface area contributed by atoms with Gasteiger partial charge in [0.15, 0.2) is 5.78 Å². The van der Waals surface area contributed by atoms with E-state index >= 15 is 0 Å². The van der Waals surface area contributed by atoms with Gasteiger partial charge in [0.25, 0.3) is 0 Å². The molecule has 2 saturated heterocycles. The van der Waals surface area contributed by atoms with E-state index in [0.29, 0.717) is 50.9 Å². The summed E-state index contributed by atoms with van der Waals surface area (Å²) in [6.45, 7) is 1.44. The number of benzene rings is 1. The van der Waals surface area contributed by atoms with E-state index in [1.54, 1.807) is 4.90 Å². The van der Waals surface area contributed by atoms with Gasteiger partial charge in [0, 0.05) is 31.1 Å². The molecule has 3 rings (SSSR count). The molecule has 1 aromatic rings. The second kappa shape index (κ2) is 7.25. The number of hydrogen-bond acceptors (Lipinski definition) is 4. The highest BCUT2D eigenvalue weighted by Gasteiger charge is 2.39. The lowest BCUT2D eigenvalue weighted by molar-refractivity contribution is -0.135. The molecule has 6 nitrogen and oxygen atoms in total. The molecule has 0 N–H and O–H groups in total. The van der Waals surface area contributed by atoms with E-state index < -0.39 is 16.1 Å². The number of hydrogen-bond donors (Lipinski definition) is 0. The third-order valence-electron chi connectivity index (χ3n) is 5.15. The molecule has 25 heavy (non-hydrogen) atoms. The Hall–Kier alpha value is -1.73. The molecule has 0 radical (unpaired) electrons. The summed E-state index contributed by atoms with van der Waals surface area (Å²) >= 11 is 0. The summed E-state index contributed by atoms with van der Waals surface area (Å²) < 4.78 is 25.0. The summed E-state index contributed by atoms with van der Waals surface area (Å²) in [5.74, 6) is -0.0547. The van der Waals surface area contributed by atoms with Crippen molar-refractivity contribution < 1.29 is 18.0 Å². The minimum atomic E-state index is -3.36. The second-order valence-corrected chi connectivity index (χ2v) is 8.80. The lowest BCUT2D eigenvalue weighted by Crippen LogP contribution is -2.50. The fourth-order valence-electron chi connectivity index (χ4n) is 3.79. The Bertz CT molecular complexity index is 740. The fraction of sp³-hybridized carbons (Fsp3) is 0.556. The molecular formula is C18H24N2O4S. The molecule has 1 amide bonds. The summed E-state index contributed by atoms with van der Waals surface area (Å²) in [6.07, 6.45) is 3.71. The summed E-state index contributed by atoms with van der Waals surface area (Å²) in [6, 6.07) is 8.66. The molecule has 136 valence electrons. The maximum Gasteiger partial charge on any atom is 0.241 e. The van der Waals surface area contributed by atoms with Crippen LogP contribution in [0.5, 0.6) is 0 Å². The van der Waals surface area contributed by atoms with Crippen molar-refractivity contribution in [2.75, 3.05) is 25.9 Å². The van der Waals surface area contributed by atoms with Gasteiger partial charge in [-0.15, -0.1) is 0 Å². The Balaban J connectivity index is 1.60. The van der Waals surface area contributed by atoms with Crippen LogP contribution >= 0.6 is 0 Å². The quantitative estimate of drug-likeness (QED) is 0.760. The third-order valence-corrected chi connectivity index (χ3v) is 6.44. The van der Waals surface area contributed by atoms with E-state index in [-0.39, 0.29) is 17.6 Å². The Morgan fingerprint density at radius 2 is 1.64 bits per heavy atom. The van der Waals surface area contributed by atoms with E-state index in [1.807, 2.05) is 30.3 Å². The average Bonchev–Trinajstić information content (AvgIpc) is 3.11. The van der Waals surface area contributed by atoms with E-state index in [2.05, 4.69) is 0 Å². The van der Waals surface area contributed by atoms with Gasteiger partial charge in [-0.1, -0.05) is 30.3 Å². The highest BCUT2D eigenvalue weighted by Crippen LogP contribution is 2.26. The third kappa shape index (κ3) is 3.93. The number of ketones is 1. The standard InChI is InChI=1S/C18H24N2O4S/c1-25(23,24)20-11-5-8-16(20)18(22)19-12-9-15(10-13-19)17(21)14-6-3-2-4-7-14/h2-4,6-7,15-16H,5,8-13H2,1H3.